The molecular formula is C20H30N6. The number of anilines is 1. The number of hydrogen-bond donors (Lipinski definition) is 2. The molecule has 3 rings (SSSR count). The highest BCUT2D eigenvalue weighted by molar-refractivity contribution is 5.80. The number of nitrogens with one attached hydrogen (secondary N) is 2. The van der Waals surface area contributed by atoms with Crippen molar-refractivity contribution in [3.63, 3.8) is 0 Å². The Morgan fingerprint density at radius 1 is 1.31 bits per heavy atom. The van der Waals surface area contributed by atoms with E-state index in [9.17, 15) is 0 Å². The zero-order valence-electron chi connectivity index (χ0n) is 15.9. The Hall–Kier alpha value is -2.50. The monoisotopic (exact) mass is 354 g/mol. The van der Waals surface area contributed by atoms with Crippen LogP contribution in [0.4, 0.5) is 5.69 Å². The third kappa shape index (κ3) is 5.25. The van der Waals surface area contributed by atoms with E-state index in [-0.39, 0.29) is 0 Å². The van der Waals surface area contributed by atoms with Gasteiger partial charge < -0.3 is 20.1 Å². The van der Waals surface area contributed by atoms with Crippen LogP contribution in [-0.2, 0) is 6.54 Å². The number of imidazole rings is 1. The number of benzene rings is 1. The molecule has 140 valence electrons. The molecule has 2 aromatic rings. The van der Waals surface area contributed by atoms with Crippen LogP contribution in [0.1, 0.15) is 25.3 Å². The molecule has 1 saturated heterocycles. The summed E-state index contributed by atoms with van der Waals surface area (Å²) >= 11 is 0. The summed E-state index contributed by atoms with van der Waals surface area (Å²) in [6.07, 6.45) is 7.80. The van der Waals surface area contributed by atoms with Crippen LogP contribution < -0.4 is 15.5 Å². The van der Waals surface area contributed by atoms with E-state index in [0.29, 0.717) is 6.04 Å². The molecule has 1 fully saturated rings. The highest BCUT2D eigenvalue weighted by Gasteiger charge is 2.23. The quantitative estimate of drug-likeness (QED) is 0.455. The predicted molar refractivity (Wildman–Crippen MR) is 108 cm³/mol. The van der Waals surface area contributed by atoms with Gasteiger partial charge >= 0.3 is 0 Å². The Labute approximate surface area is 156 Å². The molecule has 0 bridgehead atoms. The zero-order valence-corrected chi connectivity index (χ0v) is 15.9. The van der Waals surface area contributed by atoms with Crippen molar-refractivity contribution in [2.75, 3.05) is 31.1 Å². The van der Waals surface area contributed by atoms with Crippen molar-refractivity contribution in [3.05, 3.63) is 48.5 Å². The lowest BCUT2D eigenvalue weighted by atomic mass is 10.2. The Kier molecular flexibility index (Phi) is 6.52. The van der Waals surface area contributed by atoms with E-state index in [2.05, 4.69) is 63.2 Å². The average Bonchev–Trinajstić information content (AvgIpc) is 3.31. The third-order valence-electron chi connectivity index (χ3n) is 4.68. The average molecular weight is 355 g/mol. The van der Waals surface area contributed by atoms with Gasteiger partial charge in [-0.1, -0.05) is 17.7 Å². The van der Waals surface area contributed by atoms with E-state index in [4.69, 9.17) is 4.99 Å². The molecule has 0 saturated carbocycles. The van der Waals surface area contributed by atoms with E-state index in [1.165, 1.54) is 11.3 Å². The first-order chi connectivity index (χ1) is 12.7. The van der Waals surface area contributed by atoms with Crippen molar-refractivity contribution in [3.8, 4) is 0 Å². The number of rotatable bonds is 7. The van der Waals surface area contributed by atoms with Crippen molar-refractivity contribution in [1.82, 2.24) is 20.2 Å². The van der Waals surface area contributed by atoms with Crippen molar-refractivity contribution in [2.24, 2.45) is 4.99 Å². The molecule has 1 atom stereocenters. The smallest absolute Gasteiger partial charge is 0.191 e. The highest BCUT2D eigenvalue weighted by Crippen LogP contribution is 2.20. The maximum absolute atomic E-state index is 4.73. The summed E-state index contributed by atoms with van der Waals surface area (Å²) in [6, 6.07) is 9.23. The van der Waals surface area contributed by atoms with Crippen molar-refractivity contribution >= 4 is 11.6 Å². The number of guanidine groups is 1. The minimum absolute atomic E-state index is 0.433. The van der Waals surface area contributed by atoms with Gasteiger partial charge in [-0.15, -0.1) is 0 Å². The minimum Gasteiger partial charge on any atom is -0.369 e. The summed E-state index contributed by atoms with van der Waals surface area (Å²) in [5, 5.41) is 6.97. The highest BCUT2D eigenvalue weighted by atomic mass is 15.2. The van der Waals surface area contributed by atoms with Gasteiger partial charge in [0, 0.05) is 56.8 Å². The summed E-state index contributed by atoms with van der Waals surface area (Å²) < 4.78 is 2.09. The Balaban J connectivity index is 1.48. The molecule has 6 nitrogen and oxygen atoms in total. The molecule has 1 aromatic carbocycles. The van der Waals surface area contributed by atoms with E-state index >= 15 is 0 Å². The Morgan fingerprint density at radius 2 is 2.15 bits per heavy atom. The second-order valence-corrected chi connectivity index (χ2v) is 6.83. The van der Waals surface area contributed by atoms with E-state index < -0.39 is 0 Å². The van der Waals surface area contributed by atoms with Crippen LogP contribution in [0.5, 0.6) is 0 Å². The van der Waals surface area contributed by atoms with Gasteiger partial charge in [0.2, 0.25) is 0 Å². The molecule has 0 radical (unpaired) electrons. The van der Waals surface area contributed by atoms with Crippen molar-refractivity contribution in [2.45, 2.75) is 39.3 Å². The van der Waals surface area contributed by atoms with Crippen molar-refractivity contribution < 1.29 is 0 Å². The number of aromatic nitrogens is 2. The molecule has 1 aliphatic heterocycles. The lowest BCUT2D eigenvalue weighted by molar-refractivity contribution is 0.630. The first kappa shape index (κ1) is 18.3. The number of aliphatic imine (C=N–C) groups is 1. The standard InChI is InChI=1S/C20H30N6/c1-3-22-20(23-10-4-12-25-14-11-21-16-25)24-18-9-13-26(15-18)19-7-5-17(2)6-8-19/h5-8,11,14,16,18H,3-4,9-10,12-13,15H2,1-2H3,(H2,22,23,24). The molecule has 1 aliphatic rings. The Morgan fingerprint density at radius 3 is 2.88 bits per heavy atom. The largest absolute Gasteiger partial charge is 0.369 e. The first-order valence-corrected chi connectivity index (χ1v) is 9.57. The van der Waals surface area contributed by atoms with Gasteiger partial charge in [0.15, 0.2) is 5.96 Å². The summed E-state index contributed by atoms with van der Waals surface area (Å²) in [4.78, 5) is 11.2. The van der Waals surface area contributed by atoms with Crippen LogP contribution in [0, 0.1) is 6.92 Å². The molecule has 6 heteroatoms. The van der Waals surface area contributed by atoms with Gasteiger partial charge in [0.25, 0.3) is 0 Å². The molecule has 0 amide bonds. The second-order valence-electron chi connectivity index (χ2n) is 6.83. The van der Waals surface area contributed by atoms with Gasteiger partial charge in [-0.2, -0.15) is 0 Å². The van der Waals surface area contributed by atoms with Crippen molar-refractivity contribution in [1.29, 1.82) is 0 Å². The molecule has 26 heavy (non-hydrogen) atoms. The van der Waals surface area contributed by atoms with Crippen LogP contribution >= 0.6 is 0 Å². The molecule has 0 spiro atoms. The van der Waals surface area contributed by atoms with Gasteiger partial charge in [-0.25, -0.2) is 4.98 Å². The topological polar surface area (TPSA) is 57.5 Å². The van der Waals surface area contributed by atoms with E-state index in [1.807, 2.05) is 18.7 Å². The van der Waals surface area contributed by atoms with Gasteiger partial charge in [-0.05, 0) is 38.8 Å². The molecule has 0 aliphatic carbocycles. The fourth-order valence-electron chi connectivity index (χ4n) is 3.24. The van der Waals surface area contributed by atoms with Crippen LogP contribution in [-0.4, -0.2) is 47.7 Å². The van der Waals surface area contributed by atoms with E-state index in [0.717, 1.165) is 51.5 Å². The molecule has 1 unspecified atom stereocenters. The second kappa shape index (κ2) is 9.27. The fourth-order valence-corrected chi connectivity index (χ4v) is 3.24. The van der Waals surface area contributed by atoms with Crippen LogP contribution in [0.3, 0.4) is 0 Å². The summed E-state index contributed by atoms with van der Waals surface area (Å²) in [6.45, 7) is 8.97. The third-order valence-corrected chi connectivity index (χ3v) is 4.68. The van der Waals surface area contributed by atoms with Gasteiger partial charge in [-0.3, -0.25) is 4.99 Å². The zero-order chi connectivity index (χ0) is 18.2. The first-order valence-electron chi connectivity index (χ1n) is 9.57. The molecular weight excluding hydrogens is 324 g/mol. The van der Waals surface area contributed by atoms with Crippen LogP contribution in [0.2, 0.25) is 0 Å². The number of hydrogen-bond acceptors (Lipinski definition) is 3. The number of nitrogens with zero attached hydrogens (tertiary/aromatic N) is 4. The summed E-state index contributed by atoms with van der Waals surface area (Å²) in [5.41, 5.74) is 2.61. The minimum atomic E-state index is 0.433. The maximum atomic E-state index is 4.73. The van der Waals surface area contributed by atoms with Crippen LogP contribution in [0.25, 0.3) is 0 Å². The molecule has 2 heterocycles. The Bertz CT molecular complexity index is 677. The van der Waals surface area contributed by atoms with Crippen LogP contribution in [0.15, 0.2) is 48.0 Å². The molecule has 1 aromatic heterocycles. The molecule has 2 N–H and O–H groups in total. The lowest BCUT2D eigenvalue weighted by Crippen LogP contribution is -2.44. The normalized spacial score (nSPS) is 17.5. The summed E-state index contributed by atoms with van der Waals surface area (Å²) in [5.74, 6) is 0.925. The van der Waals surface area contributed by atoms with Gasteiger partial charge in [0.05, 0.1) is 6.33 Å². The number of aryl methyl sites for hydroxylation is 2. The maximum Gasteiger partial charge on any atom is 0.191 e. The predicted octanol–water partition coefficient (Wildman–Crippen LogP) is 2.42. The summed E-state index contributed by atoms with van der Waals surface area (Å²) in [7, 11) is 0. The SMILES string of the molecule is CCNC(=NCCCn1ccnc1)NC1CCN(c2ccc(C)cc2)C1. The fraction of sp³-hybridized carbons (Fsp3) is 0.500. The van der Waals surface area contributed by atoms with Gasteiger partial charge in [0.1, 0.15) is 0 Å². The lowest BCUT2D eigenvalue weighted by Gasteiger charge is -2.20. The van der Waals surface area contributed by atoms with E-state index in [1.54, 1.807) is 0 Å².